The highest BCUT2D eigenvalue weighted by atomic mass is 19.1. The van der Waals surface area contributed by atoms with E-state index >= 15 is 0 Å². The molecule has 2 aromatic carbocycles. The largest absolute Gasteiger partial charge is 0.493 e. The van der Waals surface area contributed by atoms with Crippen molar-refractivity contribution in [1.82, 2.24) is 0 Å². The Labute approximate surface area is 157 Å². The molecule has 2 rings (SSSR count). The molecule has 0 saturated carbocycles. The summed E-state index contributed by atoms with van der Waals surface area (Å²) in [6.07, 6.45) is 0.555. The van der Waals surface area contributed by atoms with Crippen molar-refractivity contribution in [1.29, 1.82) is 0 Å². The van der Waals surface area contributed by atoms with Gasteiger partial charge in [0.2, 0.25) is 0 Å². The van der Waals surface area contributed by atoms with E-state index < -0.39 is 11.9 Å². The zero-order valence-corrected chi connectivity index (χ0v) is 15.0. The molecule has 0 aromatic heterocycles. The maximum absolute atomic E-state index is 12.0. The van der Waals surface area contributed by atoms with Gasteiger partial charge in [-0.2, -0.15) is 0 Å². The lowest BCUT2D eigenvalue weighted by atomic mass is 10.2. The first-order valence-corrected chi connectivity index (χ1v) is 8.09. The van der Waals surface area contributed by atoms with Crippen molar-refractivity contribution in [2.24, 2.45) is 0 Å². The number of carbonyl (C=O) groups is 2. The molecule has 6 nitrogen and oxygen atoms in total. The molecule has 0 radical (unpaired) electrons. The Hall–Kier alpha value is -3.35. The molecule has 27 heavy (non-hydrogen) atoms. The number of carbonyl (C=O) groups excluding carboxylic acids is 1. The van der Waals surface area contributed by atoms with Crippen LogP contribution in [-0.2, 0) is 9.53 Å². The van der Waals surface area contributed by atoms with Gasteiger partial charge in [-0.25, -0.2) is 14.0 Å². The van der Waals surface area contributed by atoms with Crippen LogP contribution in [0.25, 0.3) is 0 Å². The minimum absolute atomic E-state index is 0.211. The third-order valence-electron chi connectivity index (χ3n) is 3.11. The highest BCUT2D eigenvalue weighted by Gasteiger charge is 2.03. The molecule has 2 aromatic rings. The van der Waals surface area contributed by atoms with Gasteiger partial charge in [0.1, 0.15) is 11.6 Å². The van der Waals surface area contributed by atoms with Crippen molar-refractivity contribution in [3.63, 3.8) is 0 Å². The normalized spacial score (nSPS) is 9.56. The number of hydrogen-bond acceptors (Lipinski definition) is 5. The number of anilines is 1. The molecule has 0 bridgehead atoms. The third-order valence-corrected chi connectivity index (χ3v) is 3.11. The van der Waals surface area contributed by atoms with Crippen LogP contribution in [0.5, 0.6) is 5.75 Å². The number of hydrogen-bond donors (Lipinski definition) is 2. The second-order valence-corrected chi connectivity index (χ2v) is 5.50. The number of halogens is 1. The van der Waals surface area contributed by atoms with Gasteiger partial charge < -0.3 is 20.3 Å². The van der Waals surface area contributed by atoms with E-state index in [0.29, 0.717) is 30.0 Å². The Morgan fingerprint density at radius 3 is 2.15 bits per heavy atom. The fourth-order valence-electron chi connectivity index (χ4n) is 1.69. The molecule has 0 aliphatic carbocycles. The molecule has 0 fully saturated rings. The molecular formula is C20H22FNO5. The SMILES string of the molecule is C=C(C)C(=O)OCCCOc1ccc(C(=O)O)cc1.Nc1ccc(F)cc1. The predicted molar refractivity (Wildman–Crippen MR) is 100 cm³/mol. The molecule has 0 atom stereocenters. The van der Waals surface area contributed by atoms with Gasteiger partial charge in [0.25, 0.3) is 0 Å². The summed E-state index contributed by atoms with van der Waals surface area (Å²) in [6, 6.07) is 11.8. The van der Waals surface area contributed by atoms with Crippen LogP contribution < -0.4 is 10.5 Å². The molecule has 0 spiro atoms. The monoisotopic (exact) mass is 375 g/mol. The second kappa shape index (κ2) is 11.3. The predicted octanol–water partition coefficient (Wildman–Crippen LogP) is 3.68. The minimum Gasteiger partial charge on any atom is -0.493 e. The van der Waals surface area contributed by atoms with Crippen molar-refractivity contribution in [2.75, 3.05) is 18.9 Å². The maximum Gasteiger partial charge on any atom is 0.335 e. The van der Waals surface area contributed by atoms with Gasteiger partial charge in [-0.05, 0) is 55.5 Å². The van der Waals surface area contributed by atoms with E-state index in [2.05, 4.69) is 6.58 Å². The van der Waals surface area contributed by atoms with Crippen molar-refractivity contribution >= 4 is 17.6 Å². The molecule has 0 aliphatic rings. The first kappa shape index (κ1) is 21.7. The van der Waals surface area contributed by atoms with Crippen LogP contribution in [0.2, 0.25) is 0 Å². The summed E-state index contributed by atoms with van der Waals surface area (Å²) in [7, 11) is 0. The summed E-state index contributed by atoms with van der Waals surface area (Å²) in [4.78, 5) is 21.7. The summed E-state index contributed by atoms with van der Waals surface area (Å²) in [5, 5.41) is 8.72. The standard InChI is InChI=1S/C14H16O5.C6H6FN/c1-10(2)14(17)19-9-3-8-18-12-6-4-11(5-7-12)13(15)16;7-5-1-3-6(8)4-2-5/h4-7H,1,3,8-9H2,2H3,(H,15,16);1-4H,8H2. The van der Waals surface area contributed by atoms with Crippen LogP contribution in [0, 0.1) is 5.82 Å². The molecule has 3 N–H and O–H groups in total. The Bertz CT molecular complexity index is 736. The number of ether oxygens (including phenoxy) is 2. The van der Waals surface area contributed by atoms with Crippen molar-refractivity contribution in [3.8, 4) is 5.75 Å². The van der Waals surface area contributed by atoms with E-state index in [0.717, 1.165) is 0 Å². The highest BCUT2D eigenvalue weighted by molar-refractivity contribution is 5.87. The fraction of sp³-hybridized carbons (Fsp3) is 0.200. The quantitative estimate of drug-likeness (QED) is 0.331. The lowest BCUT2D eigenvalue weighted by Crippen LogP contribution is -2.09. The molecule has 0 amide bonds. The van der Waals surface area contributed by atoms with Gasteiger partial charge in [0, 0.05) is 17.7 Å². The number of esters is 1. The van der Waals surface area contributed by atoms with Gasteiger partial charge in [0.15, 0.2) is 0 Å². The van der Waals surface area contributed by atoms with E-state index in [4.69, 9.17) is 20.3 Å². The van der Waals surface area contributed by atoms with Gasteiger partial charge in [0.05, 0.1) is 18.8 Å². The molecular weight excluding hydrogens is 353 g/mol. The van der Waals surface area contributed by atoms with Gasteiger partial charge in [-0.1, -0.05) is 6.58 Å². The molecule has 0 heterocycles. The first-order chi connectivity index (χ1) is 12.8. The van der Waals surface area contributed by atoms with Crippen LogP contribution in [0.3, 0.4) is 0 Å². The van der Waals surface area contributed by atoms with Crippen LogP contribution in [0.15, 0.2) is 60.7 Å². The van der Waals surface area contributed by atoms with E-state index in [1.165, 1.54) is 36.4 Å². The highest BCUT2D eigenvalue weighted by Crippen LogP contribution is 2.12. The zero-order chi connectivity index (χ0) is 20.2. The first-order valence-electron chi connectivity index (χ1n) is 8.09. The van der Waals surface area contributed by atoms with E-state index in [1.54, 1.807) is 19.1 Å². The second-order valence-electron chi connectivity index (χ2n) is 5.50. The van der Waals surface area contributed by atoms with Gasteiger partial charge in [-0.15, -0.1) is 0 Å². The van der Waals surface area contributed by atoms with Crippen LogP contribution in [0.1, 0.15) is 23.7 Å². The van der Waals surface area contributed by atoms with Crippen molar-refractivity contribution < 1.29 is 28.6 Å². The van der Waals surface area contributed by atoms with Crippen LogP contribution >= 0.6 is 0 Å². The Morgan fingerprint density at radius 1 is 1.07 bits per heavy atom. The lowest BCUT2D eigenvalue weighted by Gasteiger charge is -2.07. The van der Waals surface area contributed by atoms with E-state index in [1.807, 2.05) is 0 Å². The topological polar surface area (TPSA) is 98.8 Å². The van der Waals surface area contributed by atoms with Gasteiger partial charge in [-0.3, -0.25) is 0 Å². The average molecular weight is 375 g/mol. The average Bonchev–Trinajstić information content (AvgIpc) is 2.64. The smallest absolute Gasteiger partial charge is 0.335 e. The Morgan fingerprint density at radius 2 is 1.67 bits per heavy atom. The molecule has 7 heteroatoms. The lowest BCUT2D eigenvalue weighted by molar-refractivity contribution is -0.139. The number of carboxylic acid groups (broad SMARTS) is 1. The zero-order valence-electron chi connectivity index (χ0n) is 15.0. The molecule has 0 saturated heterocycles. The Balaban J connectivity index is 0.000000377. The summed E-state index contributed by atoms with van der Waals surface area (Å²) >= 11 is 0. The summed E-state index contributed by atoms with van der Waals surface area (Å²) in [5.41, 5.74) is 6.43. The fourth-order valence-corrected chi connectivity index (χ4v) is 1.69. The number of benzene rings is 2. The number of nitrogens with two attached hydrogens (primary N) is 1. The van der Waals surface area contributed by atoms with Crippen LogP contribution in [-0.4, -0.2) is 30.3 Å². The summed E-state index contributed by atoms with van der Waals surface area (Å²) in [5.74, 6) is -1.06. The van der Waals surface area contributed by atoms with E-state index in [-0.39, 0.29) is 18.0 Å². The minimum atomic E-state index is -0.974. The van der Waals surface area contributed by atoms with Crippen LogP contribution in [0.4, 0.5) is 10.1 Å². The molecule has 144 valence electrons. The number of rotatable bonds is 7. The molecule has 0 aliphatic heterocycles. The number of carboxylic acids is 1. The third kappa shape index (κ3) is 9.06. The molecule has 0 unspecified atom stereocenters. The van der Waals surface area contributed by atoms with Gasteiger partial charge >= 0.3 is 11.9 Å². The van der Waals surface area contributed by atoms with Crippen molar-refractivity contribution in [3.05, 3.63) is 72.1 Å². The maximum atomic E-state index is 12.0. The Kier molecular flexibility index (Phi) is 9.08. The van der Waals surface area contributed by atoms with Crippen molar-refractivity contribution in [2.45, 2.75) is 13.3 Å². The number of nitrogen functional groups attached to an aromatic ring is 1. The van der Waals surface area contributed by atoms with E-state index in [9.17, 15) is 14.0 Å². The summed E-state index contributed by atoms with van der Waals surface area (Å²) < 4.78 is 22.3. The number of aromatic carboxylic acids is 1. The summed E-state index contributed by atoms with van der Waals surface area (Å²) in [6.45, 7) is 5.70.